The van der Waals surface area contributed by atoms with Crippen LogP contribution in [0.2, 0.25) is 0 Å². The zero-order valence-corrected chi connectivity index (χ0v) is 24.1. The van der Waals surface area contributed by atoms with Crippen LogP contribution in [0.15, 0.2) is 60.0 Å². The topological polar surface area (TPSA) is 0 Å². The van der Waals surface area contributed by atoms with Gasteiger partial charge in [0.15, 0.2) is 0 Å². The molecule has 0 N–H and O–H groups in total. The molecule has 1 aliphatic rings. The van der Waals surface area contributed by atoms with Gasteiger partial charge >= 0.3 is 0 Å². The summed E-state index contributed by atoms with van der Waals surface area (Å²) in [5.41, 5.74) is 4.61. The first-order chi connectivity index (χ1) is 18.3. The number of unbranched alkanes of at least 4 members (excludes halogenated alkanes) is 8. The van der Waals surface area contributed by atoms with Gasteiger partial charge in [-0.2, -0.15) is 0 Å². The number of hydrogen-bond donors (Lipinski definition) is 0. The molecule has 1 aromatic heterocycles. The lowest BCUT2D eigenvalue weighted by Crippen LogP contribution is -2.14. The molecule has 0 nitrogen and oxygen atoms in total. The maximum atomic E-state index is 2.53. The van der Waals surface area contributed by atoms with Gasteiger partial charge in [0.05, 0.1) is 0 Å². The van der Waals surface area contributed by atoms with Crippen LogP contribution in [0.4, 0.5) is 0 Å². The highest BCUT2D eigenvalue weighted by Crippen LogP contribution is 2.45. The van der Waals surface area contributed by atoms with E-state index in [1.165, 1.54) is 116 Å². The molecule has 196 valence electrons. The molecule has 2 atom stereocenters. The summed E-state index contributed by atoms with van der Waals surface area (Å²) in [7, 11) is 0. The van der Waals surface area contributed by atoms with E-state index >= 15 is 0 Å². The van der Waals surface area contributed by atoms with E-state index in [2.05, 4.69) is 73.8 Å². The molecule has 1 aliphatic carbocycles. The van der Waals surface area contributed by atoms with Crippen molar-refractivity contribution < 1.29 is 0 Å². The molecule has 0 saturated carbocycles. The monoisotopic (exact) mass is 510 g/mol. The molecule has 0 radical (unpaired) electrons. The summed E-state index contributed by atoms with van der Waals surface area (Å²) in [6, 6.07) is 21.2. The standard InChI is InChI=1S/C36H46S/c1-3-5-7-9-10-12-16-27(15-11-8-6-4-2)23-30-25-32-26-31(34-19-14-22-37-34)24-29-21-20-28-17-13-18-33(30)36(28)35(29)32/h13-14,17-22,24,26-27,30H,3-12,15-16,23,25H2,1-2H3. The largest absolute Gasteiger partial charge is 0.144 e. The fraction of sp³-hybridized carbons (Fsp3) is 0.500. The summed E-state index contributed by atoms with van der Waals surface area (Å²) >= 11 is 1.86. The average molecular weight is 511 g/mol. The molecule has 0 aliphatic heterocycles. The molecular formula is C36H46S. The molecule has 2 unspecified atom stereocenters. The van der Waals surface area contributed by atoms with Crippen LogP contribution in [0, 0.1) is 5.92 Å². The molecule has 37 heavy (non-hydrogen) atoms. The third-order valence-corrected chi connectivity index (χ3v) is 9.75. The summed E-state index contributed by atoms with van der Waals surface area (Å²) in [6.45, 7) is 4.65. The van der Waals surface area contributed by atoms with Crippen LogP contribution in [0.3, 0.4) is 0 Å². The predicted molar refractivity (Wildman–Crippen MR) is 166 cm³/mol. The third-order valence-electron chi connectivity index (χ3n) is 8.83. The first kappa shape index (κ1) is 26.5. The Labute approximate surface area is 229 Å². The first-order valence-corrected chi connectivity index (χ1v) is 16.2. The van der Waals surface area contributed by atoms with Crippen molar-refractivity contribution in [2.45, 2.75) is 110 Å². The van der Waals surface area contributed by atoms with Crippen LogP contribution in [0.1, 0.15) is 114 Å². The van der Waals surface area contributed by atoms with Crippen molar-refractivity contribution in [1.29, 1.82) is 0 Å². The SMILES string of the molecule is CCCCCCCCC(CCCCCC)CC1Cc2cc(-c3cccs3)cc3ccc4cccc1c4c23. The highest BCUT2D eigenvalue weighted by atomic mass is 32.1. The van der Waals surface area contributed by atoms with Crippen molar-refractivity contribution in [2.75, 3.05) is 0 Å². The fourth-order valence-electron chi connectivity index (χ4n) is 6.89. The summed E-state index contributed by atoms with van der Waals surface area (Å²) in [4.78, 5) is 1.39. The van der Waals surface area contributed by atoms with Crippen LogP contribution in [0.25, 0.3) is 32.0 Å². The van der Waals surface area contributed by atoms with E-state index in [1.54, 1.807) is 16.5 Å². The second-order valence-electron chi connectivity index (χ2n) is 11.6. The van der Waals surface area contributed by atoms with Gasteiger partial charge in [-0.25, -0.2) is 0 Å². The van der Waals surface area contributed by atoms with Gasteiger partial charge in [0.25, 0.3) is 0 Å². The summed E-state index contributed by atoms with van der Waals surface area (Å²) in [5.74, 6) is 1.51. The van der Waals surface area contributed by atoms with E-state index in [1.807, 2.05) is 11.3 Å². The van der Waals surface area contributed by atoms with Gasteiger partial charge < -0.3 is 0 Å². The Hall–Kier alpha value is -2.12. The number of benzene rings is 3. The van der Waals surface area contributed by atoms with Gasteiger partial charge in [-0.3, -0.25) is 0 Å². The Bertz CT molecular complexity index is 1270. The Morgan fingerprint density at radius 3 is 2.22 bits per heavy atom. The van der Waals surface area contributed by atoms with Crippen LogP contribution in [-0.4, -0.2) is 0 Å². The van der Waals surface area contributed by atoms with Crippen LogP contribution in [0.5, 0.6) is 0 Å². The molecule has 4 aromatic rings. The summed E-state index contributed by atoms with van der Waals surface area (Å²) in [6.07, 6.45) is 19.4. The fourth-order valence-corrected chi connectivity index (χ4v) is 7.60. The van der Waals surface area contributed by atoms with Crippen LogP contribution in [-0.2, 0) is 6.42 Å². The van der Waals surface area contributed by atoms with E-state index < -0.39 is 0 Å². The number of rotatable bonds is 15. The Kier molecular flexibility index (Phi) is 9.38. The lowest BCUT2D eigenvalue weighted by Gasteiger charge is -2.30. The normalized spacial score (nSPS) is 15.7. The van der Waals surface area contributed by atoms with E-state index in [0.29, 0.717) is 5.92 Å². The molecule has 0 bridgehead atoms. The molecule has 3 aromatic carbocycles. The van der Waals surface area contributed by atoms with Gasteiger partial charge in [0.2, 0.25) is 0 Å². The molecule has 0 amide bonds. The molecular weight excluding hydrogens is 464 g/mol. The van der Waals surface area contributed by atoms with Gasteiger partial charge in [-0.1, -0.05) is 127 Å². The van der Waals surface area contributed by atoms with Crippen molar-refractivity contribution in [3.05, 3.63) is 71.1 Å². The zero-order valence-electron chi connectivity index (χ0n) is 23.2. The first-order valence-electron chi connectivity index (χ1n) is 15.3. The van der Waals surface area contributed by atoms with Crippen molar-refractivity contribution in [3.63, 3.8) is 0 Å². The molecule has 0 saturated heterocycles. The third kappa shape index (κ3) is 6.31. The van der Waals surface area contributed by atoms with Crippen molar-refractivity contribution >= 4 is 32.9 Å². The van der Waals surface area contributed by atoms with Gasteiger partial charge in [-0.15, -0.1) is 11.3 Å². The molecule has 0 spiro atoms. The maximum absolute atomic E-state index is 2.53. The Morgan fingerprint density at radius 2 is 1.46 bits per heavy atom. The number of thiophene rings is 1. The van der Waals surface area contributed by atoms with E-state index in [9.17, 15) is 0 Å². The highest BCUT2D eigenvalue weighted by Gasteiger charge is 2.26. The average Bonchev–Trinajstić information content (AvgIpc) is 3.47. The molecule has 1 heteroatoms. The minimum atomic E-state index is 0.650. The Balaban J connectivity index is 1.40. The van der Waals surface area contributed by atoms with Crippen molar-refractivity contribution in [2.24, 2.45) is 5.92 Å². The summed E-state index contributed by atoms with van der Waals surface area (Å²) in [5, 5.41) is 8.13. The lowest BCUT2D eigenvalue weighted by atomic mass is 9.74. The Morgan fingerprint density at radius 1 is 0.730 bits per heavy atom. The van der Waals surface area contributed by atoms with Gasteiger partial charge in [0.1, 0.15) is 0 Å². The maximum Gasteiger partial charge on any atom is 0.0343 e. The predicted octanol–water partition coefficient (Wildman–Crippen LogP) is 12.1. The minimum absolute atomic E-state index is 0.650. The van der Waals surface area contributed by atoms with Crippen molar-refractivity contribution in [1.82, 2.24) is 0 Å². The van der Waals surface area contributed by atoms with Gasteiger partial charge in [-0.05, 0) is 86.5 Å². The second-order valence-corrected chi connectivity index (χ2v) is 12.6. The second kappa shape index (κ2) is 13.1. The van der Waals surface area contributed by atoms with Crippen LogP contribution < -0.4 is 0 Å². The quantitative estimate of drug-likeness (QED) is 0.110. The molecule has 1 heterocycles. The number of hydrogen-bond acceptors (Lipinski definition) is 1. The molecule has 0 fully saturated rings. The van der Waals surface area contributed by atoms with E-state index in [-0.39, 0.29) is 0 Å². The zero-order chi connectivity index (χ0) is 25.5. The van der Waals surface area contributed by atoms with E-state index in [0.717, 1.165) is 5.92 Å². The van der Waals surface area contributed by atoms with Crippen molar-refractivity contribution in [3.8, 4) is 10.4 Å². The van der Waals surface area contributed by atoms with Gasteiger partial charge in [0, 0.05) is 4.88 Å². The summed E-state index contributed by atoms with van der Waals surface area (Å²) < 4.78 is 0. The highest BCUT2D eigenvalue weighted by molar-refractivity contribution is 7.13. The van der Waals surface area contributed by atoms with Crippen LogP contribution >= 0.6 is 11.3 Å². The smallest absolute Gasteiger partial charge is 0.0343 e. The van der Waals surface area contributed by atoms with E-state index in [4.69, 9.17) is 0 Å². The lowest BCUT2D eigenvalue weighted by molar-refractivity contribution is 0.353. The molecule has 5 rings (SSSR count). The minimum Gasteiger partial charge on any atom is -0.144 e.